The predicted molar refractivity (Wildman–Crippen MR) is 148 cm³/mol. The molecule has 3 aromatic carbocycles. The van der Waals surface area contributed by atoms with Crippen molar-refractivity contribution in [2.75, 3.05) is 6.61 Å². The highest BCUT2D eigenvalue weighted by molar-refractivity contribution is 9.10. The number of thioether (sulfide) groups is 1. The van der Waals surface area contributed by atoms with Crippen LogP contribution < -0.4 is 14.8 Å². The highest BCUT2D eigenvalue weighted by Crippen LogP contribution is 2.39. The molecule has 1 fully saturated rings. The molecule has 0 spiro atoms. The van der Waals surface area contributed by atoms with Gasteiger partial charge in [-0.15, -0.1) is 0 Å². The Bertz CT molecular complexity index is 1440. The van der Waals surface area contributed by atoms with Crippen molar-refractivity contribution in [1.29, 1.82) is 5.26 Å². The zero-order valence-corrected chi connectivity index (χ0v) is 22.8. The van der Waals surface area contributed by atoms with Crippen molar-refractivity contribution >= 4 is 73.7 Å². The van der Waals surface area contributed by atoms with E-state index in [1.807, 2.05) is 31.2 Å². The summed E-state index contributed by atoms with van der Waals surface area (Å²) in [5.41, 5.74) is 2.52. The van der Waals surface area contributed by atoms with Crippen molar-refractivity contribution in [3.05, 3.63) is 90.7 Å². The zero-order chi connectivity index (χ0) is 25.7. The number of aliphatic imine (C=N–C) groups is 1. The van der Waals surface area contributed by atoms with Crippen LogP contribution in [0.15, 0.2) is 69.0 Å². The van der Waals surface area contributed by atoms with Crippen molar-refractivity contribution in [3.63, 3.8) is 0 Å². The monoisotopic (exact) mass is 601 g/mol. The summed E-state index contributed by atoms with van der Waals surface area (Å²) in [6.07, 6.45) is 1.74. The lowest BCUT2D eigenvalue weighted by atomic mass is 10.1. The number of nitrogens with zero attached hydrogens (tertiary/aromatic N) is 2. The summed E-state index contributed by atoms with van der Waals surface area (Å²) in [7, 11) is 0. The Kier molecular flexibility index (Phi) is 8.60. The minimum atomic E-state index is -0.278. The molecule has 0 bridgehead atoms. The van der Waals surface area contributed by atoms with Crippen LogP contribution in [-0.4, -0.2) is 17.7 Å². The molecule has 0 radical (unpaired) electrons. The molecule has 1 aliphatic rings. The maximum Gasteiger partial charge on any atom is 0.264 e. The van der Waals surface area contributed by atoms with Crippen molar-refractivity contribution in [1.82, 2.24) is 5.32 Å². The topological polar surface area (TPSA) is 83.7 Å². The molecule has 182 valence electrons. The number of carbonyl (C=O) groups excluding carboxylic acids is 1. The molecule has 6 nitrogen and oxygen atoms in total. The maximum atomic E-state index is 12.6. The van der Waals surface area contributed by atoms with Gasteiger partial charge in [-0.25, -0.2) is 4.99 Å². The van der Waals surface area contributed by atoms with Gasteiger partial charge in [0.25, 0.3) is 5.91 Å². The second-order valence-electron chi connectivity index (χ2n) is 7.38. The van der Waals surface area contributed by atoms with Crippen LogP contribution in [0.2, 0.25) is 10.0 Å². The van der Waals surface area contributed by atoms with E-state index in [1.165, 1.54) is 11.8 Å². The summed E-state index contributed by atoms with van der Waals surface area (Å²) in [6.45, 7) is 2.49. The Morgan fingerprint density at radius 2 is 1.97 bits per heavy atom. The van der Waals surface area contributed by atoms with Crippen LogP contribution in [0.3, 0.4) is 0 Å². The lowest BCUT2D eigenvalue weighted by Crippen LogP contribution is -2.19. The average molecular weight is 603 g/mol. The summed E-state index contributed by atoms with van der Waals surface area (Å²) >= 11 is 17.0. The fraction of sp³-hybridized carbons (Fsp3) is 0.115. The Hall–Kier alpha value is -2.96. The number of amides is 1. The van der Waals surface area contributed by atoms with Crippen molar-refractivity contribution in [2.45, 2.75) is 13.5 Å². The van der Waals surface area contributed by atoms with Gasteiger partial charge >= 0.3 is 0 Å². The number of halogens is 3. The van der Waals surface area contributed by atoms with E-state index in [1.54, 1.807) is 36.4 Å². The molecule has 36 heavy (non-hydrogen) atoms. The summed E-state index contributed by atoms with van der Waals surface area (Å²) in [6, 6.07) is 18.2. The summed E-state index contributed by atoms with van der Waals surface area (Å²) < 4.78 is 12.5. The van der Waals surface area contributed by atoms with E-state index >= 15 is 0 Å². The second kappa shape index (κ2) is 11.8. The fourth-order valence-corrected chi connectivity index (χ4v) is 5.05. The first-order valence-electron chi connectivity index (χ1n) is 10.7. The molecule has 1 amide bonds. The van der Waals surface area contributed by atoms with Crippen molar-refractivity contribution in [3.8, 4) is 17.6 Å². The lowest BCUT2D eigenvalue weighted by Gasteiger charge is -2.15. The number of carbonyl (C=O) groups is 1. The first-order chi connectivity index (χ1) is 17.4. The minimum absolute atomic E-state index is 0.201. The smallest absolute Gasteiger partial charge is 0.264 e. The average Bonchev–Trinajstić information content (AvgIpc) is 3.20. The third-order valence-corrected chi connectivity index (χ3v) is 7.25. The number of ether oxygens (including phenoxy) is 2. The second-order valence-corrected chi connectivity index (χ2v) is 10.0. The lowest BCUT2D eigenvalue weighted by molar-refractivity contribution is -0.115. The van der Waals surface area contributed by atoms with Crippen molar-refractivity contribution < 1.29 is 14.3 Å². The van der Waals surface area contributed by atoms with Gasteiger partial charge < -0.3 is 14.8 Å². The molecule has 0 aromatic heterocycles. The molecule has 0 saturated carbocycles. The fourth-order valence-electron chi connectivity index (χ4n) is 3.30. The van der Waals surface area contributed by atoms with Crippen LogP contribution in [0.5, 0.6) is 11.5 Å². The van der Waals surface area contributed by atoms with Gasteiger partial charge in [0.2, 0.25) is 0 Å². The number of rotatable bonds is 7. The predicted octanol–water partition coefficient (Wildman–Crippen LogP) is 7.50. The molecule has 1 aliphatic heterocycles. The number of benzene rings is 3. The largest absolute Gasteiger partial charge is 0.490 e. The van der Waals surface area contributed by atoms with Crippen LogP contribution in [0.25, 0.3) is 6.08 Å². The van der Waals surface area contributed by atoms with E-state index < -0.39 is 0 Å². The first kappa shape index (κ1) is 26.1. The van der Waals surface area contributed by atoms with Crippen LogP contribution >= 0.6 is 50.9 Å². The Balaban J connectivity index is 1.58. The van der Waals surface area contributed by atoms with E-state index in [0.717, 1.165) is 11.1 Å². The van der Waals surface area contributed by atoms with Gasteiger partial charge in [-0.1, -0.05) is 47.5 Å². The molecule has 4 rings (SSSR count). The van der Waals surface area contributed by atoms with Crippen LogP contribution in [0.1, 0.15) is 23.6 Å². The van der Waals surface area contributed by atoms with Gasteiger partial charge in [0.15, 0.2) is 16.7 Å². The SMILES string of the molecule is CCOc1cc(/C=C2/SC(=Nc3cccc(Cl)c3Cl)NC2=O)cc(Br)c1OCc1ccccc1C#N. The molecule has 3 aromatic rings. The Morgan fingerprint density at radius 1 is 1.17 bits per heavy atom. The number of hydrogen-bond donors (Lipinski definition) is 1. The van der Waals surface area contributed by atoms with Gasteiger partial charge in [0, 0.05) is 5.56 Å². The molecule has 1 N–H and O–H groups in total. The van der Waals surface area contributed by atoms with Gasteiger partial charge in [0.1, 0.15) is 6.61 Å². The third kappa shape index (κ3) is 6.05. The van der Waals surface area contributed by atoms with E-state index in [4.69, 9.17) is 32.7 Å². The normalized spacial score (nSPS) is 15.1. The van der Waals surface area contributed by atoms with Crippen LogP contribution in [-0.2, 0) is 11.4 Å². The molecule has 0 atom stereocenters. The summed E-state index contributed by atoms with van der Waals surface area (Å²) in [5, 5.41) is 13.2. The van der Waals surface area contributed by atoms with E-state index in [-0.39, 0.29) is 12.5 Å². The standard InChI is InChI=1S/C26H18BrCl2N3O3S/c1-2-34-21-11-15(10-18(27)24(21)35-14-17-7-4-3-6-16(17)13-30)12-22-25(33)32-26(36-22)31-20-9-5-8-19(28)23(20)29/h3-12H,2,14H2,1H3,(H,31,32,33)/b22-12+. The van der Waals surface area contributed by atoms with Gasteiger partial charge in [0.05, 0.1) is 43.4 Å². The maximum absolute atomic E-state index is 12.6. The zero-order valence-electron chi connectivity index (χ0n) is 18.8. The van der Waals surface area contributed by atoms with Gasteiger partial charge in [-0.05, 0) is 76.6 Å². The number of nitriles is 1. The minimum Gasteiger partial charge on any atom is -0.490 e. The first-order valence-corrected chi connectivity index (χ1v) is 13.1. The van der Waals surface area contributed by atoms with Crippen molar-refractivity contribution in [2.24, 2.45) is 4.99 Å². The van der Waals surface area contributed by atoms with Crippen LogP contribution in [0, 0.1) is 11.3 Å². The van der Waals surface area contributed by atoms with E-state index in [0.29, 0.717) is 53.9 Å². The molecular formula is C26H18BrCl2N3O3S. The van der Waals surface area contributed by atoms with E-state index in [9.17, 15) is 10.1 Å². The third-order valence-electron chi connectivity index (χ3n) is 4.94. The van der Waals surface area contributed by atoms with Gasteiger partial charge in [-0.3, -0.25) is 4.79 Å². The highest BCUT2D eigenvalue weighted by Gasteiger charge is 2.25. The highest BCUT2D eigenvalue weighted by atomic mass is 79.9. The summed E-state index contributed by atoms with van der Waals surface area (Å²) in [5.74, 6) is 0.740. The molecular weight excluding hydrogens is 585 g/mol. The number of amidine groups is 1. The van der Waals surface area contributed by atoms with Crippen LogP contribution in [0.4, 0.5) is 5.69 Å². The summed E-state index contributed by atoms with van der Waals surface area (Å²) in [4.78, 5) is 17.5. The van der Waals surface area contributed by atoms with E-state index in [2.05, 4.69) is 32.3 Å². The molecule has 10 heteroatoms. The van der Waals surface area contributed by atoms with Gasteiger partial charge in [-0.2, -0.15) is 5.26 Å². The molecule has 0 aliphatic carbocycles. The Morgan fingerprint density at radius 3 is 2.75 bits per heavy atom. The Labute approximate surface area is 231 Å². The molecule has 1 saturated heterocycles. The number of hydrogen-bond acceptors (Lipinski definition) is 6. The molecule has 0 unspecified atom stereocenters. The molecule has 1 heterocycles. The quantitative estimate of drug-likeness (QED) is 0.283. The number of nitrogens with one attached hydrogen (secondary N) is 1.